The fourth-order valence-corrected chi connectivity index (χ4v) is 10.5. The van der Waals surface area contributed by atoms with E-state index in [1.54, 1.807) is 4.31 Å². The van der Waals surface area contributed by atoms with Gasteiger partial charge in [-0.05, 0) is 114 Å². The summed E-state index contributed by atoms with van der Waals surface area (Å²) in [5.41, 5.74) is 7.32. The van der Waals surface area contributed by atoms with Crippen LogP contribution >= 0.6 is 0 Å². The van der Waals surface area contributed by atoms with Gasteiger partial charge in [-0.1, -0.05) is 4.21 Å². The fraction of sp³-hybridized carbons (Fsp3) is 0.967. The zero-order valence-corrected chi connectivity index (χ0v) is 25.8. The van der Waals surface area contributed by atoms with Crippen molar-refractivity contribution in [2.75, 3.05) is 45.5 Å². The average molecular weight is 576 g/mol. The molecule has 0 amide bonds. The smallest absolute Gasteiger partial charge is 0.122 e. The molecule has 2 saturated carbocycles. The van der Waals surface area contributed by atoms with Crippen LogP contribution in [0.3, 0.4) is 0 Å². The molecule has 6 aliphatic rings. The number of piperidine rings is 2. The lowest BCUT2D eigenvalue weighted by atomic mass is 9.60. The Morgan fingerprint density at radius 3 is 2.27 bits per heavy atom. The second-order valence-corrected chi connectivity index (χ2v) is 16.6. The van der Waals surface area contributed by atoms with Crippen molar-refractivity contribution in [3.05, 3.63) is 0 Å². The minimum Gasteiger partial charge on any atom is -0.598 e. The van der Waals surface area contributed by atoms with Crippen LogP contribution in [0.25, 0.3) is 0 Å². The number of nitriles is 1. The maximum atomic E-state index is 12.0. The first-order valence-electron chi connectivity index (χ1n) is 16.2. The third-order valence-corrected chi connectivity index (χ3v) is 13.5. The molecule has 0 aromatic carbocycles. The quantitative estimate of drug-likeness (QED) is 0.369. The third-order valence-electron chi connectivity index (χ3n) is 12.2. The van der Waals surface area contributed by atoms with Crippen LogP contribution in [0, 0.1) is 52.3 Å². The Hall–Kier alpha value is -0.640. The number of piperazine rings is 1. The summed E-state index contributed by atoms with van der Waals surface area (Å²) >= 11 is 0. The molecule has 226 valence electrons. The molecule has 6 rings (SSSR count). The molecule has 0 bridgehead atoms. The minimum absolute atomic E-state index is 0.209. The van der Waals surface area contributed by atoms with Gasteiger partial charge in [-0.25, -0.2) is 0 Å². The monoisotopic (exact) mass is 575 g/mol. The summed E-state index contributed by atoms with van der Waals surface area (Å²) in [6.45, 7) is 9.28. The summed E-state index contributed by atoms with van der Waals surface area (Å²) in [5.74, 6) is 4.20. The van der Waals surface area contributed by atoms with Crippen LogP contribution in [0.5, 0.6) is 0 Å². The first-order chi connectivity index (χ1) is 19.1. The molecule has 4 aliphatic heterocycles. The van der Waals surface area contributed by atoms with Gasteiger partial charge in [0, 0.05) is 37.8 Å². The van der Waals surface area contributed by atoms with E-state index < -0.39 is 10.4 Å². The Morgan fingerprint density at radius 1 is 0.875 bits per heavy atom. The predicted octanol–water partition coefficient (Wildman–Crippen LogP) is 2.31. The summed E-state index contributed by atoms with van der Waals surface area (Å²) in [6, 6.07) is 4.30. The van der Waals surface area contributed by atoms with Crippen LogP contribution in [0.4, 0.5) is 0 Å². The van der Waals surface area contributed by atoms with E-state index in [4.69, 9.17) is 0 Å². The van der Waals surface area contributed by atoms with E-state index in [-0.39, 0.29) is 5.41 Å². The van der Waals surface area contributed by atoms with Gasteiger partial charge in [-0.2, -0.15) is 5.26 Å². The van der Waals surface area contributed by atoms with Crippen LogP contribution in [0.15, 0.2) is 0 Å². The van der Waals surface area contributed by atoms with Crippen LogP contribution in [-0.2, 0) is 14.6 Å². The molecule has 0 spiro atoms. The van der Waals surface area contributed by atoms with E-state index in [0.29, 0.717) is 55.1 Å². The van der Waals surface area contributed by atoms with Crippen molar-refractivity contribution in [1.29, 1.82) is 5.26 Å². The van der Waals surface area contributed by atoms with Crippen molar-refractivity contribution >= 4 is 10.4 Å². The highest BCUT2D eigenvalue weighted by Gasteiger charge is 2.52. The largest absolute Gasteiger partial charge is 0.598 e. The van der Waals surface area contributed by atoms with E-state index in [9.17, 15) is 14.0 Å². The maximum Gasteiger partial charge on any atom is 0.122 e. The Morgan fingerprint density at radius 2 is 1.57 bits per heavy atom. The highest BCUT2D eigenvalue weighted by molar-refractivity contribution is 7.94. The molecule has 0 aromatic heterocycles. The first-order valence-corrected chi connectivity index (χ1v) is 18.1. The van der Waals surface area contributed by atoms with Gasteiger partial charge in [0.15, 0.2) is 0 Å². The van der Waals surface area contributed by atoms with E-state index >= 15 is 0 Å². The SMILES string of the molecule is CC(C)(C#N)C1CCC(C2NNC3CNC4CCC(C5CCNC(N6CCN([S+](C)(=O)[O-])CC6)C5)CC4C32)CC1. The van der Waals surface area contributed by atoms with Crippen molar-refractivity contribution in [2.45, 2.75) is 95.9 Å². The molecule has 9 unspecified atom stereocenters. The zero-order valence-electron chi connectivity index (χ0n) is 24.9. The number of fused-ring (bicyclic) bond motifs is 3. The maximum absolute atomic E-state index is 12.0. The van der Waals surface area contributed by atoms with Gasteiger partial charge in [0.2, 0.25) is 0 Å². The Balaban J connectivity index is 1.07. The van der Waals surface area contributed by atoms with Crippen LogP contribution in [0.1, 0.15) is 71.6 Å². The lowest BCUT2D eigenvalue weighted by Crippen LogP contribution is -2.60. The first kappa shape index (κ1) is 29.4. The van der Waals surface area contributed by atoms with Crippen molar-refractivity contribution in [3.63, 3.8) is 0 Å². The number of hydrazine groups is 1. The second-order valence-electron chi connectivity index (χ2n) is 14.6. The van der Waals surface area contributed by atoms with Crippen molar-refractivity contribution in [3.8, 4) is 6.07 Å². The Labute approximate surface area is 243 Å². The van der Waals surface area contributed by atoms with Gasteiger partial charge >= 0.3 is 0 Å². The van der Waals surface area contributed by atoms with E-state index in [1.807, 2.05) is 0 Å². The normalized spacial score (nSPS) is 45.2. The van der Waals surface area contributed by atoms with E-state index in [0.717, 1.165) is 43.9 Å². The molecule has 40 heavy (non-hydrogen) atoms. The molecular weight excluding hydrogens is 522 g/mol. The van der Waals surface area contributed by atoms with E-state index in [2.05, 4.69) is 46.3 Å². The van der Waals surface area contributed by atoms with Crippen LogP contribution < -0.4 is 21.5 Å². The molecule has 10 heteroatoms. The number of nitrogens with one attached hydrogen (secondary N) is 4. The summed E-state index contributed by atoms with van der Waals surface area (Å²) < 4.78 is 25.6. The summed E-state index contributed by atoms with van der Waals surface area (Å²) in [7, 11) is -3.09. The number of rotatable bonds is 5. The van der Waals surface area contributed by atoms with Gasteiger partial charge in [0.25, 0.3) is 0 Å². The molecule has 6 fully saturated rings. The van der Waals surface area contributed by atoms with E-state index in [1.165, 1.54) is 64.0 Å². The summed E-state index contributed by atoms with van der Waals surface area (Å²) in [5, 5.41) is 17.4. The molecule has 0 aromatic rings. The second kappa shape index (κ2) is 11.8. The summed E-state index contributed by atoms with van der Waals surface area (Å²) in [4.78, 5) is 2.50. The molecule has 4 N–H and O–H groups in total. The Bertz CT molecular complexity index is 968. The van der Waals surface area contributed by atoms with Gasteiger partial charge in [0.1, 0.15) is 16.7 Å². The van der Waals surface area contributed by atoms with Gasteiger partial charge < -0.3 is 15.2 Å². The topological polar surface area (TPSA) is 119 Å². The average Bonchev–Trinajstić information content (AvgIpc) is 3.41. The van der Waals surface area contributed by atoms with Crippen LogP contribution in [0.2, 0.25) is 0 Å². The molecule has 0 radical (unpaired) electrons. The zero-order chi connectivity index (χ0) is 28.1. The fourth-order valence-electron chi connectivity index (χ4n) is 9.72. The van der Waals surface area contributed by atoms with Gasteiger partial charge in [-0.15, -0.1) is 4.31 Å². The predicted molar refractivity (Wildman–Crippen MR) is 157 cm³/mol. The van der Waals surface area contributed by atoms with Crippen molar-refractivity contribution in [2.24, 2.45) is 40.9 Å². The van der Waals surface area contributed by atoms with Gasteiger partial charge in [-0.3, -0.25) is 15.8 Å². The van der Waals surface area contributed by atoms with Crippen molar-refractivity contribution in [1.82, 2.24) is 30.7 Å². The van der Waals surface area contributed by atoms with Crippen LogP contribution in [-0.4, -0.2) is 83.6 Å². The molecule has 4 saturated heterocycles. The number of nitrogens with zero attached hydrogens (tertiary/aromatic N) is 3. The molecule has 9 nitrogen and oxygen atoms in total. The third kappa shape index (κ3) is 5.92. The highest BCUT2D eigenvalue weighted by atomic mass is 32.3. The number of hydrogen-bond acceptors (Lipinski definition) is 8. The lowest BCUT2D eigenvalue weighted by Gasteiger charge is -2.51. The molecule has 4 heterocycles. The molecule has 2 aliphatic carbocycles. The minimum atomic E-state index is -3.09. The summed E-state index contributed by atoms with van der Waals surface area (Å²) in [6.07, 6.45) is 13.0. The van der Waals surface area contributed by atoms with Gasteiger partial charge in [0.05, 0.1) is 30.7 Å². The highest BCUT2D eigenvalue weighted by Crippen LogP contribution is 2.48. The lowest BCUT2D eigenvalue weighted by molar-refractivity contribution is 0.0225. The Kier molecular flexibility index (Phi) is 8.68. The molecular formula is C30H53N7O2S. The molecule has 9 atom stereocenters. The number of sulfonamides is 1. The number of hydrogen-bond donors (Lipinski definition) is 4. The standard InChI is InChI=1S/C30H53N7O2S/c1-30(2,19-31)23-7-4-20(5-8-23)29-28-24-16-21(6-9-25(24)33-18-26(28)34-35-29)22-10-11-32-27(17-22)36-12-14-37(15-13-36)40(3,38)39/h20-29,32-35H,4-18H2,1-3H3. The van der Waals surface area contributed by atoms with Crippen molar-refractivity contribution < 1.29 is 8.76 Å².